The van der Waals surface area contributed by atoms with Crippen molar-refractivity contribution >= 4 is 16.6 Å². The number of nitrogens with one attached hydrogen (secondary N) is 3. The summed E-state index contributed by atoms with van der Waals surface area (Å²) in [5, 5.41) is 18.8. The number of anilines is 1. The maximum Gasteiger partial charge on any atom is 0.140 e. The van der Waals surface area contributed by atoms with Crippen molar-refractivity contribution in [1.29, 1.82) is 0 Å². The van der Waals surface area contributed by atoms with Crippen LogP contribution in [0.1, 0.15) is 63.1 Å². The molecule has 2 aromatic carbocycles. The Labute approximate surface area is 193 Å². The van der Waals surface area contributed by atoms with Crippen LogP contribution < -0.4 is 10.6 Å². The van der Waals surface area contributed by atoms with Crippen molar-refractivity contribution in [2.24, 2.45) is 5.92 Å². The van der Waals surface area contributed by atoms with Crippen LogP contribution in [-0.4, -0.2) is 28.3 Å². The number of aromatic amines is 1. The third kappa shape index (κ3) is 3.83. The lowest BCUT2D eigenvalue weighted by Crippen LogP contribution is -2.54. The molecular weight excluding hydrogens is 420 g/mol. The first-order valence-electron chi connectivity index (χ1n) is 12.1. The zero-order valence-electron chi connectivity index (χ0n) is 19.6. The first kappa shape index (κ1) is 22.4. The van der Waals surface area contributed by atoms with Crippen LogP contribution >= 0.6 is 0 Å². The third-order valence-corrected chi connectivity index (χ3v) is 7.62. The molecule has 1 fully saturated rings. The summed E-state index contributed by atoms with van der Waals surface area (Å²) in [7, 11) is 0. The van der Waals surface area contributed by atoms with Crippen molar-refractivity contribution in [2.45, 2.75) is 70.6 Å². The van der Waals surface area contributed by atoms with E-state index in [2.05, 4.69) is 15.6 Å². The first-order chi connectivity index (χ1) is 15.8. The number of hydrogen-bond donors (Lipinski definition) is 4. The van der Waals surface area contributed by atoms with Crippen molar-refractivity contribution in [1.82, 2.24) is 10.3 Å². The van der Waals surface area contributed by atoms with Crippen LogP contribution in [0.3, 0.4) is 0 Å². The normalized spacial score (nSPS) is 22.8. The van der Waals surface area contributed by atoms with Crippen molar-refractivity contribution < 1.29 is 13.9 Å². The van der Waals surface area contributed by atoms with Gasteiger partial charge in [-0.1, -0.05) is 37.5 Å². The number of aliphatic hydroxyl groups excluding tert-OH is 1. The summed E-state index contributed by atoms with van der Waals surface area (Å²) in [6, 6.07) is 6.27. The van der Waals surface area contributed by atoms with Gasteiger partial charge in [0.15, 0.2) is 0 Å². The zero-order valence-corrected chi connectivity index (χ0v) is 19.6. The Balaban J connectivity index is 1.61. The van der Waals surface area contributed by atoms with E-state index in [1.54, 1.807) is 6.07 Å². The molecule has 2 atom stereocenters. The minimum absolute atomic E-state index is 0.0561. The fourth-order valence-corrected chi connectivity index (χ4v) is 5.69. The van der Waals surface area contributed by atoms with Crippen LogP contribution in [0.25, 0.3) is 22.0 Å². The number of halogens is 2. The average molecular weight is 454 g/mol. The second-order valence-corrected chi connectivity index (χ2v) is 10.4. The smallest absolute Gasteiger partial charge is 0.140 e. The number of benzene rings is 2. The van der Waals surface area contributed by atoms with Gasteiger partial charge in [0.1, 0.15) is 11.6 Å². The molecule has 2 aliphatic rings. The Morgan fingerprint density at radius 1 is 1.15 bits per heavy atom. The van der Waals surface area contributed by atoms with Gasteiger partial charge < -0.3 is 20.7 Å². The van der Waals surface area contributed by atoms with E-state index >= 15 is 8.78 Å². The van der Waals surface area contributed by atoms with Crippen molar-refractivity contribution in [3.05, 3.63) is 53.2 Å². The van der Waals surface area contributed by atoms with E-state index in [1.165, 1.54) is 25.3 Å². The van der Waals surface area contributed by atoms with Gasteiger partial charge in [-0.3, -0.25) is 0 Å². The number of rotatable bonds is 4. The van der Waals surface area contributed by atoms with Crippen LogP contribution in [-0.2, 0) is 0 Å². The molecule has 1 saturated carbocycles. The molecule has 4 nitrogen and oxygen atoms in total. The summed E-state index contributed by atoms with van der Waals surface area (Å²) in [6.07, 6.45) is 6.98. The summed E-state index contributed by atoms with van der Waals surface area (Å²) < 4.78 is 31.7. The Morgan fingerprint density at radius 2 is 1.91 bits per heavy atom. The molecule has 1 unspecified atom stereocenters. The van der Waals surface area contributed by atoms with Gasteiger partial charge in [-0.15, -0.1) is 0 Å². The van der Waals surface area contributed by atoms with Crippen LogP contribution in [0.15, 0.2) is 30.5 Å². The monoisotopic (exact) mass is 453 g/mol. The van der Waals surface area contributed by atoms with Crippen LogP contribution in [0.5, 0.6) is 0 Å². The van der Waals surface area contributed by atoms with E-state index in [1.807, 2.05) is 39.1 Å². The zero-order chi connectivity index (χ0) is 23.3. The molecule has 0 saturated heterocycles. The van der Waals surface area contributed by atoms with Crippen LogP contribution in [0.4, 0.5) is 14.5 Å². The second kappa shape index (κ2) is 8.41. The van der Waals surface area contributed by atoms with Gasteiger partial charge in [0.2, 0.25) is 0 Å². The topological polar surface area (TPSA) is 60.1 Å². The van der Waals surface area contributed by atoms with Gasteiger partial charge in [0.25, 0.3) is 0 Å². The van der Waals surface area contributed by atoms with Gasteiger partial charge in [-0.2, -0.15) is 0 Å². The second-order valence-electron chi connectivity index (χ2n) is 10.4. The molecule has 33 heavy (non-hydrogen) atoms. The average Bonchev–Trinajstić information content (AvgIpc) is 3.16. The summed E-state index contributed by atoms with van der Waals surface area (Å²) in [4.78, 5) is 3.18. The number of para-hydroxylation sites is 1. The molecule has 0 amide bonds. The Morgan fingerprint density at radius 3 is 2.67 bits per heavy atom. The molecule has 1 aromatic heterocycles. The maximum absolute atomic E-state index is 16.2. The number of fused-ring (bicyclic) bond motifs is 2. The predicted octanol–water partition coefficient (Wildman–Crippen LogP) is 6.20. The lowest BCUT2D eigenvalue weighted by Gasteiger charge is -2.44. The van der Waals surface area contributed by atoms with Crippen LogP contribution in [0.2, 0.25) is 0 Å². The molecule has 1 aliphatic carbocycles. The largest absolute Gasteiger partial charge is 0.389 e. The van der Waals surface area contributed by atoms with Gasteiger partial charge in [-0.25, -0.2) is 8.78 Å². The Hall–Kier alpha value is -2.44. The lowest BCUT2D eigenvalue weighted by atomic mass is 9.80. The van der Waals surface area contributed by atoms with Crippen molar-refractivity contribution in [3.8, 4) is 11.1 Å². The number of hydrogen-bond acceptors (Lipinski definition) is 3. The molecule has 0 radical (unpaired) electrons. The highest BCUT2D eigenvalue weighted by molar-refractivity contribution is 5.96. The molecular formula is C27H33F2N3O. The fraction of sp³-hybridized carbons (Fsp3) is 0.481. The van der Waals surface area contributed by atoms with E-state index in [-0.39, 0.29) is 5.56 Å². The Kier molecular flexibility index (Phi) is 5.69. The predicted molar refractivity (Wildman–Crippen MR) is 129 cm³/mol. The quantitative estimate of drug-likeness (QED) is 0.381. The van der Waals surface area contributed by atoms with E-state index in [0.29, 0.717) is 28.2 Å². The summed E-state index contributed by atoms with van der Waals surface area (Å²) in [5.41, 5.74) is 2.16. The molecule has 5 rings (SSSR count). The number of H-pyrrole nitrogens is 1. The van der Waals surface area contributed by atoms with E-state index < -0.39 is 29.3 Å². The molecule has 2 heterocycles. The minimum atomic E-state index is -0.870. The van der Waals surface area contributed by atoms with Gasteiger partial charge in [-0.05, 0) is 57.7 Å². The standard InChI is InChI=1S/C27H33F2N3O/c1-15-13-30-24-17(15)10-7-11-18(24)21-19(28)12-20-22(23(21)29)25(26(33)27(2,3)32-20)31-14-16-8-5-4-6-9-16/h7,10-13,16,25-26,30-33H,4-6,8-9,14H2,1-3H3/t25-,26?/m0/s1. The van der Waals surface area contributed by atoms with E-state index in [4.69, 9.17) is 0 Å². The van der Waals surface area contributed by atoms with Crippen molar-refractivity contribution in [3.63, 3.8) is 0 Å². The van der Waals surface area contributed by atoms with Gasteiger partial charge in [0.05, 0.1) is 28.8 Å². The molecule has 1 aliphatic heterocycles. The van der Waals surface area contributed by atoms with Gasteiger partial charge >= 0.3 is 0 Å². The molecule has 0 bridgehead atoms. The summed E-state index contributed by atoms with van der Waals surface area (Å²) in [6.45, 7) is 6.41. The minimum Gasteiger partial charge on any atom is -0.389 e. The number of aliphatic hydroxyl groups is 1. The Bertz CT molecular complexity index is 1180. The molecule has 3 aromatic rings. The maximum atomic E-state index is 16.2. The molecule has 4 N–H and O–H groups in total. The van der Waals surface area contributed by atoms with E-state index in [0.717, 1.165) is 30.3 Å². The third-order valence-electron chi connectivity index (χ3n) is 7.62. The van der Waals surface area contributed by atoms with Gasteiger partial charge in [0, 0.05) is 28.4 Å². The summed E-state index contributed by atoms with van der Waals surface area (Å²) >= 11 is 0. The highest BCUT2D eigenvalue weighted by atomic mass is 19.1. The van der Waals surface area contributed by atoms with E-state index in [9.17, 15) is 5.11 Å². The first-order valence-corrected chi connectivity index (χ1v) is 12.1. The number of aryl methyl sites for hydroxylation is 1. The highest BCUT2D eigenvalue weighted by Gasteiger charge is 2.43. The molecule has 176 valence electrons. The molecule has 0 spiro atoms. The SMILES string of the molecule is Cc1c[nH]c2c(-c3c(F)cc4c(c3F)[C@H](NCC3CCCCC3)C(O)C(C)(C)N4)cccc12. The van der Waals surface area contributed by atoms with Crippen molar-refractivity contribution in [2.75, 3.05) is 11.9 Å². The molecule has 6 heteroatoms. The highest BCUT2D eigenvalue weighted by Crippen LogP contribution is 2.44. The number of aromatic nitrogens is 1. The summed E-state index contributed by atoms with van der Waals surface area (Å²) in [5.74, 6) is -0.712. The van der Waals surface area contributed by atoms with Crippen LogP contribution in [0, 0.1) is 24.5 Å². The fourth-order valence-electron chi connectivity index (χ4n) is 5.69. The lowest BCUT2D eigenvalue weighted by molar-refractivity contribution is 0.0644.